The quantitative estimate of drug-likeness (QED) is 0.814. The number of carbonyl (C=O) groups excluding carboxylic acids is 1. The van der Waals surface area contributed by atoms with Crippen LogP contribution < -0.4 is 5.56 Å². The summed E-state index contributed by atoms with van der Waals surface area (Å²) in [4.78, 5) is 36.6. The maximum Gasteiger partial charge on any atom is 0.259 e. The van der Waals surface area contributed by atoms with Crippen molar-refractivity contribution in [3.05, 3.63) is 26.6 Å². The predicted molar refractivity (Wildman–Crippen MR) is 109 cm³/mol. The van der Waals surface area contributed by atoms with Gasteiger partial charge in [-0.15, -0.1) is 23.1 Å². The molecule has 2 fully saturated rings. The second-order valence-corrected chi connectivity index (χ2v) is 9.60. The molecular weight excluding hydrogens is 398 g/mol. The van der Waals surface area contributed by atoms with Crippen LogP contribution >= 0.6 is 23.1 Å². The van der Waals surface area contributed by atoms with Gasteiger partial charge in [0.2, 0.25) is 5.91 Å². The monoisotopic (exact) mass is 421 g/mol. The highest BCUT2D eigenvalue weighted by Gasteiger charge is 2.40. The van der Waals surface area contributed by atoms with Gasteiger partial charge in [-0.1, -0.05) is 0 Å². The first-order valence-corrected chi connectivity index (χ1v) is 11.8. The molecule has 2 aromatic heterocycles. The molecule has 0 bridgehead atoms. The Morgan fingerprint density at radius 2 is 2.04 bits per heavy atom. The molecule has 2 aromatic rings. The van der Waals surface area contributed by atoms with Crippen molar-refractivity contribution in [3.63, 3.8) is 0 Å². The van der Waals surface area contributed by atoms with E-state index in [-0.39, 0.29) is 11.5 Å². The number of rotatable bonds is 4. The van der Waals surface area contributed by atoms with Gasteiger partial charge in [-0.25, -0.2) is 4.98 Å². The molecule has 9 heteroatoms. The van der Waals surface area contributed by atoms with E-state index in [0.29, 0.717) is 43.6 Å². The topological polar surface area (TPSA) is 84.5 Å². The van der Waals surface area contributed by atoms with Gasteiger partial charge in [-0.2, -0.15) is 0 Å². The minimum Gasteiger partial charge on any atom is -0.347 e. The number of carbonyl (C=O) groups is 1. The summed E-state index contributed by atoms with van der Waals surface area (Å²) in [6.07, 6.45) is 4.64. The summed E-state index contributed by atoms with van der Waals surface area (Å²) in [5.74, 6) is 1.24. The predicted octanol–water partition coefficient (Wildman–Crippen LogP) is 2.07. The Balaban J connectivity index is 1.17. The second-order valence-electron chi connectivity index (χ2n) is 7.53. The molecule has 4 heterocycles. The van der Waals surface area contributed by atoms with E-state index in [1.807, 2.05) is 4.90 Å². The third kappa shape index (κ3) is 3.38. The van der Waals surface area contributed by atoms with Gasteiger partial charge < -0.3 is 19.4 Å². The zero-order chi connectivity index (χ0) is 19.1. The molecular formula is C19H23N3O4S2. The molecule has 150 valence electrons. The van der Waals surface area contributed by atoms with Crippen molar-refractivity contribution in [1.29, 1.82) is 0 Å². The Kier molecular flexibility index (Phi) is 4.94. The van der Waals surface area contributed by atoms with Crippen LogP contribution in [0, 0.1) is 0 Å². The fourth-order valence-electron chi connectivity index (χ4n) is 4.32. The summed E-state index contributed by atoms with van der Waals surface area (Å²) in [6.45, 7) is 2.63. The minimum absolute atomic E-state index is 0.0378. The third-order valence-electron chi connectivity index (χ3n) is 5.78. The number of fused-ring (bicyclic) bond motifs is 3. The number of H-pyrrole nitrogens is 1. The van der Waals surface area contributed by atoms with E-state index < -0.39 is 5.79 Å². The molecule has 0 unspecified atom stereocenters. The van der Waals surface area contributed by atoms with Gasteiger partial charge in [0.05, 0.1) is 30.1 Å². The second kappa shape index (κ2) is 7.44. The van der Waals surface area contributed by atoms with Crippen LogP contribution in [0.5, 0.6) is 0 Å². The van der Waals surface area contributed by atoms with Crippen LogP contribution in [0.1, 0.15) is 35.5 Å². The van der Waals surface area contributed by atoms with E-state index in [0.717, 1.165) is 42.3 Å². The number of nitrogens with one attached hydrogen (secondary N) is 1. The lowest BCUT2D eigenvalue weighted by Crippen LogP contribution is -2.47. The van der Waals surface area contributed by atoms with Gasteiger partial charge >= 0.3 is 0 Å². The fraction of sp³-hybridized carbons (Fsp3) is 0.632. The Hall–Kier alpha value is -1.42. The zero-order valence-corrected chi connectivity index (χ0v) is 17.3. The van der Waals surface area contributed by atoms with Gasteiger partial charge in [-0.3, -0.25) is 9.59 Å². The van der Waals surface area contributed by atoms with E-state index in [1.165, 1.54) is 22.2 Å². The van der Waals surface area contributed by atoms with Crippen LogP contribution in [0.2, 0.25) is 0 Å². The number of aryl methyl sites for hydroxylation is 2. The number of likely N-dealkylation sites (tertiary alicyclic amines) is 1. The lowest BCUT2D eigenvalue weighted by molar-refractivity contribution is -0.186. The van der Waals surface area contributed by atoms with Gasteiger partial charge in [-0.05, 0) is 24.8 Å². The van der Waals surface area contributed by atoms with E-state index in [4.69, 9.17) is 9.47 Å². The maximum atomic E-state index is 12.5. The highest BCUT2D eigenvalue weighted by molar-refractivity contribution is 7.99. The van der Waals surface area contributed by atoms with Crippen LogP contribution in [0.25, 0.3) is 10.2 Å². The Labute approximate surface area is 170 Å². The molecule has 0 radical (unpaired) electrons. The summed E-state index contributed by atoms with van der Waals surface area (Å²) in [5, 5.41) is 0.779. The summed E-state index contributed by atoms with van der Waals surface area (Å²) in [5.41, 5.74) is 1.16. The smallest absolute Gasteiger partial charge is 0.259 e. The van der Waals surface area contributed by atoms with Crippen molar-refractivity contribution in [2.75, 3.05) is 32.1 Å². The highest BCUT2D eigenvalue weighted by atomic mass is 32.2. The van der Waals surface area contributed by atoms with E-state index in [2.05, 4.69) is 9.97 Å². The molecule has 1 aliphatic carbocycles. The van der Waals surface area contributed by atoms with Crippen LogP contribution in [0.3, 0.4) is 0 Å². The van der Waals surface area contributed by atoms with Crippen LogP contribution in [0.4, 0.5) is 0 Å². The van der Waals surface area contributed by atoms with Crippen molar-refractivity contribution in [2.24, 2.45) is 0 Å². The molecule has 2 aliphatic heterocycles. The summed E-state index contributed by atoms with van der Waals surface area (Å²) >= 11 is 3.15. The van der Waals surface area contributed by atoms with Crippen LogP contribution in [0.15, 0.2) is 4.79 Å². The zero-order valence-electron chi connectivity index (χ0n) is 15.6. The number of nitrogens with zero attached hydrogens (tertiary/aromatic N) is 2. The number of aromatic nitrogens is 2. The number of thioether (sulfide) groups is 1. The molecule has 3 aliphatic rings. The first-order valence-electron chi connectivity index (χ1n) is 9.80. The average molecular weight is 422 g/mol. The van der Waals surface area contributed by atoms with Crippen LogP contribution in [-0.2, 0) is 32.9 Å². The maximum absolute atomic E-state index is 12.5. The fourth-order valence-corrected chi connectivity index (χ4v) is 6.39. The molecule has 2 saturated heterocycles. The Bertz CT molecular complexity index is 954. The van der Waals surface area contributed by atoms with E-state index >= 15 is 0 Å². The summed E-state index contributed by atoms with van der Waals surface area (Å²) < 4.78 is 11.4. The van der Waals surface area contributed by atoms with E-state index in [9.17, 15) is 9.59 Å². The molecule has 0 saturated carbocycles. The van der Waals surface area contributed by atoms with Crippen molar-refractivity contribution in [3.8, 4) is 0 Å². The molecule has 7 nitrogen and oxygen atoms in total. The van der Waals surface area contributed by atoms with Gasteiger partial charge in [0, 0.05) is 30.8 Å². The minimum atomic E-state index is -0.455. The number of thiophene rings is 1. The van der Waals surface area contributed by atoms with Gasteiger partial charge in [0.25, 0.3) is 5.56 Å². The van der Waals surface area contributed by atoms with Crippen molar-refractivity contribution < 1.29 is 14.3 Å². The molecule has 28 heavy (non-hydrogen) atoms. The molecule has 0 atom stereocenters. The first-order chi connectivity index (χ1) is 13.6. The highest BCUT2D eigenvalue weighted by Crippen LogP contribution is 2.35. The number of piperidine rings is 1. The number of hydrogen-bond acceptors (Lipinski definition) is 7. The number of amides is 1. The molecule has 1 amide bonds. The van der Waals surface area contributed by atoms with Crippen LogP contribution in [-0.4, -0.2) is 58.6 Å². The number of ether oxygens (including phenoxy) is 2. The Morgan fingerprint density at radius 1 is 1.25 bits per heavy atom. The lowest BCUT2D eigenvalue weighted by Gasteiger charge is -2.37. The van der Waals surface area contributed by atoms with Crippen molar-refractivity contribution in [1.82, 2.24) is 14.9 Å². The van der Waals surface area contributed by atoms with E-state index in [1.54, 1.807) is 11.3 Å². The normalized spacial score (nSPS) is 20.9. The first kappa shape index (κ1) is 18.6. The molecule has 1 spiro atoms. The Morgan fingerprint density at radius 3 is 2.82 bits per heavy atom. The lowest BCUT2D eigenvalue weighted by atomic mass is 10.0. The SMILES string of the molecule is O=C(CSCc1nc2sc3c(c2c(=O)[nH]1)CCC3)N1CCC2(CC1)OCCO2. The molecule has 5 rings (SSSR count). The molecule has 1 N–H and O–H groups in total. The summed E-state index contributed by atoms with van der Waals surface area (Å²) in [6, 6.07) is 0. The standard InChI is InChI=1S/C19H23N3O4S2/c23-15(22-6-4-19(5-7-22)25-8-9-26-19)11-27-10-14-20-17(24)16-12-2-1-3-13(12)28-18(16)21-14/h1-11H2,(H,20,21,24). The average Bonchev–Trinajstić information content (AvgIpc) is 3.38. The third-order valence-corrected chi connectivity index (χ3v) is 7.89. The largest absolute Gasteiger partial charge is 0.347 e. The molecule has 0 aromatic carbocycles. The number of aromatic amines is 1. The van der Waals surface area contributed by atoms with Crippen molar-refractivity contribution in [2.45, 2.75) is 43.6 Å². The number of hydrogen-bond donors (Lipinski definition) is 1. The van der Waals surface area contributed by atoms with Gasteiger partial charge in [0.1, 0.15) is 10.7 Å². The summed E-state index contributed by atoms with van der Waals surface area (Å²) in [7, 11) is 0. The van der Waals surface area contributed by atoms with Gasteiger partial charge in [0.15, 0.2) is 5.79 Å². The van der Waals surface area contributed by atoms with Crippen molar-refractivity contribution >= 4 is 39.2 Å².